The molecule has 0 fully saturated rings. The topological polar surface area (TPSA) is 69.7 Å². The van der Waals surface area contributed by atoms with Gasteiger partial charge in [0.05, 0.1) is 5.75 Å². The van der Waals surface area contributed by atoms with E-state index in [-0.39, 0.29) is 51.9 Å². The molecule has 0 bridgehead atoms. The van der Waals surface area contributed by atoms with Gasteiger partial charge in [0, 0.05) is 5.57 Å². The Labute approximate surface area is 110 Å². The molecule has 0 aliphatic heterocycles. The average Bonchev–Trinajstić information content (AvgIpc) is 2.00. The molecule has 0 unspecified atom stereocenters. The molecule has 0 N–H and O–H groups in total. The summed E-state index contributed by atoms with van der Waals surface area (Å²) in [6, 6.07) is 0. The summed E-state index contributed by atoms with van der Waals surface area (Å²) in [7, 11) is -3.73. The van der Waals surface area contributed by atoms with Crippen molar-refractivity contribution in [1.29, 1.82) is 0 Å². The molecule has 0 spiro atoms. The van der Waals surface area contributed by atoms with Gasteiger partial charge in [-0.1, -0.05) is 10.9 Å². The maximum atomic E-state index is 10.6. The number of carbonyl (C=O) groups is 1. The summed E-state index contributed by atoms with van der Waals surface area (Å²) in [6.07, 6.45) is 0. The third-order valence-electron chi connectivity index (χ3n) is 0.915. The van der Waals surface area contributed by atoms with Crippen molar-refractivity contribution in [3.63, 3.8) is 0 Å². The Hall–Kier alpha value is 0.380. The second-order valence-corrected chi connectivity index (χ2v) is 3.89. The van der Waals surface area contributed by atoms with Gasteiger partial charge in [0.2, 0.25) is 0 Å². The Morgan fingerprint density at radius 3 is 2.31 bits per heavy atom. The Morgan fingerprint density at radius 1 is 1.54 bits per heavy atom. The molecule has 0 atom stereocenters. The van der Waals surface area contributed by atoms with Crippen molar-refractivity contribution in [1.82, 2.24) is 0 Å². The van der Waals surface area contributed by atoms with Crippen LogP contribution in [-0.4, -0.2) is 57.9 Å². The van der Waals surface area contributed by atoms with Gasteiger partial charge in [-0.3, -0.25) is 4.89 Å². The molecular formula is C6H12CaO5S. The first-order valence-electron chi connectivity index (χ1n) is 3.17. The molecule has 0 radical (unpaired) electrons. The van der Waals surface area contributed by atoms with Gasteiger partial charge >= 0.3 is 53.8 Å². The van der Waals surface area contributed by atoms with Crippen molar-refractivity contribution < 1.29 is 25.3 Å². The fourth-order valence-electron chi connectivity index (χ4n) is 0.202. The molecule has 0 aromatic rings. The first-order chi connectivity index (χ1) is 5.39. The summed E-state index contributed by atoms with van der Waals surface area (Å²) >= 11 is 0. The molecule has 74 valence electrons. The molecule has 0 heterocycles. The summed E-state index contributed by atoms with van der Waals surface area (Å²) in [5, 5.41) is 0. The van der Waals surface area contributed by atoms with Crippen LogP contribution in [0.25, 0.3) is 0 Å². The Balaban J connectivity index is -0.000000202. The molecule has 0 aliphatic carbocycles. The first kappa shape index (κ1) is 15.8. The predicted molar refractivity (Wildman–Crippen MR) is 49.4 cm³/mol. The molecule has 5 nitrogen and oxygen atoms in total. The molecule has 0 amide bonds. The van der Waals surface area contributed by atoms with Gasteiger partial charge in [0.15, 0.2) is 0 Å². The van der Waals surface area contributed by atoms with E-state index in [4.69, 9.17) is 0 Å². The smallest absolute Gasteiger partial charge is 1.00 e. The Bertz CT molecular complexity index is 290. The Morgan fingerprint density at radius 2 is 2.00 bits per heavy atom. The normalized spacial score (nSPS) is 10.0. The molecule has 0 aliphatic rings. The summed E-state index contributed by atoms with van der Waals surface area (Å²) in [4.78, 5) is 14.5. The van der Waals surface area contributed by atoms with Crippen molar-refractivity contribution in [2.24, 2.45) is 0 Å². The molecule has 7 heteroatoms. The maximum absolute atomic E-state index is 10.6. The van der Waals surface area contributed by atoms with E-state index in [1.165, 1.54) is 13.8 Å². The van der Waals surface area contributed by atoms with Gasteiger partial charge in [-0.25, -0.2) is 4.79 Å². The largest absolute Gasteiger partial charge is 2.00 e. The number of hydrogen-bond acceptors (Lipinski definition) is 5. The van der Waals surface area contributed by atoms with E-state index in [0.717, 1.165) is 0 Å². The Kier molecular flexibility index (Phi) is 8.26. The van der Waals surface area contributed by atoms with Crippen molar-refractivity contribution >= 4 is 53.8 Å². The van der Waals surface area contributed by atoms with Crippen LogP contribution in [0.2, 0.25) is 0 Å². The fraction of sp³-hybridized carbons (Fsp3) is 0.500. The minimum Gasteiger partial charge on any atom is -1.00 e. The van der Waals surface area contributed by atoms with Gasteiger partial charge in [-0.2, -0.15) is 8.42 Å². The van der Waals surface area contributed by atoms with E-state index >= 15 is 0 Å². The van der Waals surface area contributed by atoms with Gasteiger partial charge in [0.25, 0.3) is 0 Å². The molecule has 0 rings (SSSR count). The van der Waals surface area contributed by atoms with Crippen LogP contribution in [-0.2, 0) is 24.1 Å². The van der Waals surface area contributed by atoms with E-state index in [1.54, 1.807) is 0 Å². The maximum Gasteiger partial charge on any atom is 2.00 e. The summed E-state index contributed by atoms with van der Waals surface area (Å²) in [5.74, 6) is -1.15. The van der Waals surface area contributed by atoms with E-state index in [0.29, 0.717) is 0 Å². The zero-order valence-corrected chi connectivity index (χ0v) is 10.6. The summed E-state index contributed by atoms with van der Waals surface area (Å²) in [6.45, 7) is 5.98. The quantitative estimate of drug-likeness (QED) is 0.302. The summed E-state index contributed by atoms with van der Waals surface area (Å²) in [5.41, 5.74) is 0.0707. The molecule has 0 aromatic heterocycles. The van der Waals surface area contributed by atoms with Gasteiger partial charge in [-0.15, -0.1) is 0 Å². The molecular weight excluding hydrogens is 224 g/mol. The van der Waals surface area contributed by atoms with E-state index < -0.39 is 16.1 Å². The van der Waals surface area contributed by atoms with Crippen LogP contribution in [0.3, 0.4) is 0 Å². The van der Waals surface area contributed by atoms with Crippen molar-refractivity contribution in [3.8, 4) is 0 Å². The van der Waals surface area contributed by atoms with Gasteiger partial charge in [0.1, 0.15) is 0 Å². The SMILES string of the molecule is C=C(C)C(=O)OOS(=O)(=O)CC.[Ca+2].[H-].[H-]. The molecule has 0 saturated heterocycles. The third kappa shape index (κ3) is 7.45. The molecule has 0 saturated carbocycles. The predicted octanol–water partition coefficient (Wildman–Crippen LogP) is 0.231. The monoisotopic (exact) mass is 236 g/mol. The van der Waals surface area contributed by atoms with Crippen LogP contribution in [0.5, 0.6) is 0 Å². The van der Waals surface area contributed by atoms with Crippen LogP contribution in [0.1, 0.15) is 16.7 Å². The van der Waals surface area contributed by atoms with E-state index in [9.17, 15) is 13.2 Å². The first-order valence-corrected chi connectivity index (χ1v) is 4.75. The molecule has 0 aromatic carbocycles. The number of carbonyl (C=O) groups excluding carboxylic acids is 1. The van der Waals surface area contributed by atoms with Crippen LogP contribution < -0.4 is 0 Å². The van der Waals surface area contributed by atoms with E-state index in [2.05, 4.69) is 15.8 Å². The second kappa shape index (κ2) is 6.78. The van der Waals surface area contributed by atoms with Crippen LogP contribution in [0.4, 0.5) is 0 Å². The third-order valence-corrected chi connectivity index (χ3v) is 1.90. The number of rotatable bonds is 4. The zero-order valence-electron chi connectivity index (χ0n) is 9.57. The average molecular weight is 236 g/mol. The van der Waals surface area contributed by atoms with Gasteiger partial charge in [-0.05, 0) is 13.8 Å². The number of hydrogen-bond donors (Lipinski definition) is 0. The van der Waals surface area contributed by atoms with Crippen molar-refractivity contribution in [3.05, 3.63) is 12.2 Å². The standard InChI is InChI=1S/C6H10O5S.Ca.2H/c1-4-12(8,9)11-10-6(7)5(2)3;;;/h2,4H2,1,3H3;;;/q;+2;2*-1. The van der Waals surface area contributed by atoms with E-state index in [1.807, 2.05) is 0 Å². The summed E-state index contributed by atoms with van der Waals surface area (Å²) < 4.78 is 25.1. The van der Waals surface area contributed by atoms with Crippen LogP contribution in [0.15, 0.2) is 12.2 Å². The van der Waals surface area contributed by atoms with Crippen LogP contribution >= 0.6 is 0 Å². The minimum absolute atomic E-state index is 0. The van der Waals surface area contributed by atoms with Crippen molar-refractivity contribution in [2.45, 2.75) is 13.8 Å². The van der Waals surface area contributed by atoms with Crippen LogP contribution in [0, 0.1) is 0 Å². The fourth-order valence-corrected chi connectivity index (χ4v) is 0.464. The molecule has 13 heavy (non-hydrogen) atoms. The second-order valence-electron chi connectivity index (χ2n) is 2.07. The van der Waals surface area contributed by atoms with Crippen molar-refractivity contribution in [2.75, 3.05) is 5.75 Å². The van der Waals surface area contributed by atoms with Gasteiger partial charge < -0.3 is 2.85 Å². The minimum atomic E-state index is -3.73. The zero-order chi connectivity index (χ0) is 9.78.